The number of aliphatic carboxylic acids is 1. The second-order valence-electron chi connectivity index (χ2n) is 5.03. The fourth-order valence-corrected chi connectivity index (χ4v) is 3.23. The molecule has 0 aliphatic heterocycles. The summed E-state index contributed by atoms with van der Waals surface area (Å²) in [6, 6.07) is 9.47. The van der Waals surface area contributed by atoms with E-state index in [0.29, 0.717) is 15.4 Å². The van der Waals surface area contributed by atoms with Crippen LogP contribution in [0, 0.1) is 6.92 Å². The van der Waals surface area contributed by atoms with Gasteiger partial charge in [-0.25, -0.2) is 9.97 Å². The molecule has 0 atom stereocenters. The smallest absolute Gasteiger partial charge is 0.322 e. The largest absolute Gasteiger partial charge is 0.504 e. The molecular formula is C16H13N3O4S. The van der Waals surface area contributed by atoms with Crippen molar-refractivity contribution < 1.29 is 19.8 Å². The maximum atomic E-state index is 12.0. The van der Waals surface area contributed by atoms with Crippen LogP contribution in [0.3, 0.4) is 0 Å². The highest BCUT2D eigenvalue weighted by Gasteiger charge is 2.21. The Hall–Kier alpha value is -3.00. The second kappa shape index (κ2) is 6.25. The molecule has 122 valence electrons. The zero-order chi connectivity index (χ0) is 17.3. The molecule has 0 saturated heterocycles. The van der Waals surface area contributed by atoms with Gasteiger partial charge in [0.2, 0.25) is 0 Å². The number of aryl methyl sites for hydroxylation is 1. The van der Waals surface area contributed by atoms with Gasteiger partial charge in [-0.05, 0) is 6.92 Å². The molecule has 2 aromatic heterocycles. The lowest BCUT2D eigenvalue weighted by Crippen LogP contribution is -2.30. The minimum atomic E-state index is -1.18. The molecular weight excluding hydrogens is 330 g/mol. The van der Waals surface area contributed by atoms with E-state index in [9.17, 15) is 14.7 Å². The van der Waals surface area contributed by atoms with E-state index < -0.39 is 18.4 Å². The van der Waals surface area contributed by atoms with Crippen molar-refractivity contribution in [1.29, 1.82) is 0 Å². The van der Waals surface area contributed by atoms with Gasteiger partial charge in [0.15, 0.2) is 11.4 Å². The predicted octanol–water partition coefficient (Wildman–Crippen LogP) is 2.19. The molecule has 0 fully saturated rings. The molecule has 0 aliphatic carbocycles. The lowest BCUT2D eigenvalue weighted by Gasteiger charge is -2.06. The summed E-state index contributed by atoms with van der Waals surface area (Å²) < 4.78 is 0.682. The van der Waals surface area contributed by atoms with Crippen molar-refractivity contribution in [2.45, 2.75) is 6.92 Å². The molecule has 7 nitrogen and oxygen atoms in total. The summed E-state index contributed by atoms with van der Waals surface area (Å²) in [5.74, 6) is -2.29. The Balaban J connectivity index is 2.07. The predicted molar refractivity (Wildman–Crippen MR) is 89.2 cm³/mol. The van der Waals surface area contributed by atoms with E-state index in [1.165, 1.54) is 11.3 Å². The SMILES string of the molecule is Cc1nc(C(=O)NCC(=O)O)c(O)c2nc(-c3ccccc3)sc12. The topological polar surface area (TPSA) is 112 Å². The van der Waals surface area contributed by atoms with Crippen molar-refractivity contribution in [3.8, 4) is 16.3 Å². The van der Waals surface area contributed by atoms with Gasteiger partial charge in [0.25, 0.3) is 5.91 Å². The normalized spacial score (nSPS) is 10.7. The zero-order valence-corrected chi connectivity index (χ0v) is 13.4. The van der Waals surface area contributed by atoms with E-state index in [4.69, 9.17) is 5.11 Å². The number of hydrogen-bond acceptors (Lipinski definition) is 6. The standard InChI is InChI=1S/C16H13N3O4S/c1-8-14-11(19-16(24-14)9-5-3-2-4-6-9)13(22)12(18-8)15(23)17-7-10(20)21/h2-6,22H,7H2,1H3,(H,17,23)(H,20,21). The third-order valence-electron chi connectivity index (χ3n) is 3.32. The number of carboxylic acids is 1. The van der Waals surface area contributed by atoms with Crippen molar-refractivity contribution in [2.24, 2.45) is 0 Å². The van der Waals surface area contributed by atoms with E-state index in [1.807, 2.05) is 30.3 Å². The van der Waals surface area contributed by atoms with Crippen LogP contribution in [0.25, 0.3) is 20.8 Å². The van der Waals surface area contributed by atoms with E-state index in [-0.39, 0.29) is 17.0 Å². The lowest BCUT2D eigenvalue weighted by molar-refractivity contribution is -0.135. The van der Waals surface area contributed by atoms with Crippen LogP contribution in [-0.4, -0.2) is 38.6 Å². The van der Waals surface area contributed by atoms with Gasteiger partial charge in [-0.2, -0.15) is 0 Å². The van der Waals surface area contributed by atoms with Crippen LogP contribution < -0.4 is 5.32 Å². The number of thiazole rings is 1. The average Bonchev–Trinajstić information content (AvgIpc) is 3.03. The first-order valence-electron chi connectivity index (χ1n) is 7.03. The highest BCUT2D eigenvalue weighted by molar-refractivity contribution is 7.21. The van der Waals surface area contributed by atoms with Crippen LogP contribution in [0.1, 0.15) is 16.2 Å². The highest BCUT2D eigenvalue weighted by atomic mass is 32.1. The number of rotatable bonds is 4. The molecule has 0 bridgehead atoms. The van der Waals surface area contributed by atoms with E-state index in [2.05, 4.69) is 15.3 Å². The van der Waals surface area contributed by atoms with Crippen molar-refractivity contribution in [3.63, 3.8) is 0 Å². The van der Waals surface area contributed by atoms with Gasteiger partial charge in [-0.1, -0.05) is 30.3 Å². The molecule has 1 aromatic carbocycles. The molecule has 0 saturated carbocycles. The number of carbonyl (C=O) groups is 2. The van der Waals surface area contributed by atoms with Crippen LogP contribution in [0.15, 0.2) is 30.3 Å². The fraction of sp³-hybridized carbons (Fsp3) is 0.125. The Bertz CT molecular complexity index is 937. The van der Waals surface area contributed by atoms with Crippen LogP contribution in [0.2, 0.25) is 0 Å². The molecule has 3 aromatic rings. The molecule has 8 heteroatoms. The summed E-state index contributed by atoms with van der Waals surface area (Å²) in [7, 11) is 0. The van der Waals surface area contributed by atoms with Crippen LogP contribution in [0.5, 0.6) is 5.75 Å². The number of hydrogen-bond donors (Lipinski definition) is 3. The number of carboxylic acid groups (broad SMARTS) is 1. The lowest BCUT2D eigenvalue weighted by atomic mass is 10.2. The first-order valence-corrected chi connectivity index (χ1v) is 7.84. The molecule has 3 N–H and O–H groups in total. The van der Waals surface area contributed by atoms with Crippen molar-refractivity contribution in [3.05, 3.63) is 41.7 Å². The van der Waals surface area contributed by atoms with Gasteiger partial charge < -0.3 is 15.5 Å². The molecule has 0 unspecified atom stereocenters. The van der Waals surface area contributed by atoms with Crippen molar-refractivity contribution in [2.75, 3.05) is 6.54 Å². The number of aromatic nitrogens is 2. The number of nitrogens with one attached hydrogen (secondary N) is 1. The van der Waals surface area contributed by atoms with Gasteiger partial charge in [-0.15, -0.1) is 11.3 Å². The Labute approximate surface area is 140 Å². The Morgan fingerprint density at radius 2 is 1.92 bits per heavy atom. The van der Waals surface area contributed by atoms with Gasteiger partial charge in [0.05, 0.1) is 10.4 Å². The second-order valence-corrected chi connectivity index (χ2v) is 6.03. The Morgan fingerprint density at radius 3 is 2.58 bits per heavy atom. The third-order valence-corrected chi connectivity index (χ3v) is 4.53. The molecule has 1 amide bonds. The first kappa shape index (κ1) is 15.9. The number of aromatic hydroxyl groups is 1. The van der Waals surface area contributed by atoms with Gasteiger partial charge in [0.1, 0.15) is 17.1 Å². The summed E-state index contributed by atoms with van der Waals surface area (Å²) in [6.07, 6.45) is 0. The average molecular weight is 343 g/mol. The van der Waals surface area contributed by atoms with E-state index >= 15 is 0 Å². The maximum absolute atomic E-state index is 12.0. The van der Waals surface area contributed by atoms with E-state index in [0.717, 1.165) is 5.56 Å². The zero-order valence-electron chi connectivity index (χ0n) is 12.6. The molecule has 24 heavy (non-hydrogen) atoms. The van der Waals surface area contributed by atoms with Crippen molar-refractivity contribution in [1.82, 2.24) is 15.3 Å². The molecule has 0 radical (unpaired) electrons. The van der Waals surface area contributed by atoms with E-state index in [1.54, 1.807) is 6.92 Å². The minimum absolute atomic E-state index is 0.230. The number of benzene rings is 1. The first-order chi connectivity index (χ1) is 11.5. The van der Waals surface area contributed by atoms with Crippen LogP contribution >= 0.6 is 11.3 Å². The van der Waals surface area contributed by atoms with Gasteiger partial charge >= 0.3 is 5.97 Å². The third kappa shape index (κ3) is 2.91. The number of carbonyl (C=O) groups excluding carboxylic acids is 1. The summed E-state index contributed by atoms with van der Waals surface area (Å²) in [5.41, 5.74) is 1.50. The fourth-order valence-electron chi connectivity index (χ4n) is 2.21. The minimum Gasteiger partial charge on any atom is -0.504 e. The van der Waals surface area contributed by atoms with Gasteiger partial charge in [-0.3, -0.25) is 9.59 Å². The summed E-state index contributed by atoms with van der Waals surface area (Å²) >= 11 is 1.37. The maximum Gasteiger partial charge on any atom is 0.322 e. The summed E-state index contributed by atoms with van der Waals surface area (Å²) in [6.45, 7) is 1.16. The summed E-state index contributed by atoms with van der Waals surface area (Å²) in [5, 5.41) is 21.9. The molecule has 3 rings (SSSR count). The highest BCUT2D eigenvalue weighted by Crippen LogP contribution is 2.37. The number of nitrogens with zero attached hydrogens (tertiary/aromatic N) is 2. The summed E-state index contributed by atoms with van der Waals surface area (Å²) in [4.78, 5) is 31.1. The molecule has 0 spiro atoms. The Kier molecular flexibility index (Phi) is 4.13. The van der Waals surface area contributed by atoms with Crippen LogP contribution in [-0.2, 0) is 4.79 Å². The number of amides is 1. The molecule has 0 aliphatic rings. The molecule has 2 heterocycles. The Morgan fingerprint density at radius 1 is 1.21 bits per heavy atom. The monoisotopic (exact) mass is 343 g/mol. The number of fused-ring (bicyclic) bond motifs is 1. The quantitative estimate of drug-likeness (QED) is 0.669. The van der Waals surface area contributed by atoms with Crippen molar-refractivity contribution >= 4 is 33.4 Å². The number of pyridine rings is 1. The van der Waals surface area contributed by atoms with Gasteiger partial charge in [0, 0.05) is 5.56 Å². The van der Waals surface area contributed by atoms with Crippen LogP contribution in [0.4, 0.5) is 0 Å².